The quantitative estimate of drug-likeness (QED) is 0.806. The van der Waals surface area contributed by atoms with Crippen LogP contribution in [0.3, 0.4) is 0 Å². The van der Waals surface area contributed by atoms with Crippen molar-refractivity contribution in [2.24, 2.45) is 10.9 Å². The fourth-order valence-electron chi connectivity index (χ4n) is 3.66. The number of carbonyl (C=O) groups excluding carboxylic acids is 2. The van der Waals surface area contributed by atoms with Gasteiger partial charge in [-0.1, -0.05) is 6.07 Å². The number of aliphatic imine (C=N–C) groups is 1. The minimum atomic E-state index is -0.684. The fraction of sp³-hybridized carbons (Fsp3) is 0.318. The molecule has 0 saturated heterocycles. The summed E-state index contributed by atoms with van der Waals surface area (Å²) in [4.78, 5) is 29.3. The van der Waals surface area contributed by atoms with Crippen molar-refractivity contribution in [2.75, 3.05) is 19.5 Å². The molecular weight excluding hydrogens is 370 g/mol. The first kappa shape index (κ1) is 20.4. The number of methoxy groups -OCH3 is 2. The molecule has 0 spiro atoms. The van der Waals surface area contributed by atoms with Gasteiger partial charge in [-0.15, -0.1) is 0 Å². The maximum Gasteiger partial charge on any atom is 0.341 e. The van der Waals surface area contributed by atoms with Crippen LogP contribution in [0.15, 0.2) is 41.4 Å². The van der Waals surface area contributed by atoms with Gasteiger partial charge in [0.2, 0.25) is 5.91 Å². The summed E-state index contributed by atoms with van der Waals surface area (Å²) in [5.41, 5.74) is 3.93. The van der Waals surface area contributed by atoms with E-state index in [-0.39, 0.29) is 5.91 Å². The van der Waals surface area contributed by atoms with E-state index < -0.39 is 18.0 Å². The highest BCUT2D eigenvalue weighted by molar-refractivity contribution is 6.13. The largest absolute Gasteiger partial charge is 0.497 e. The zero-order chi connectivity index (χ0) is 21.1. The van der Waals surface area contributed by atoms with Crippen molar-refractivity contribution in [1.82, 2.24) is 5.32 Å². The zero-order valence-corrected chi connectivity index (χ0v) is 17.2. The number of urea groups is 1. The zero-order valence-electron chi connectivity index (χ0n) is 17.2. The summed E-state index contributed by atoms with van der Waals surface area (Å²) in [7, 11) is 3.10. The fourth-order valence-corrected chi connectivity index (χ4v) is 3.66. The van der Waals surface area contributed by atoms with Gasteiger partial charge in [-0.2, -0.15) is 0 Å². The average Bonchev–Trinajstić information content (AvgIpc) is 2.65. The van der Waals surface area contributed by atoms with Gasteiger partial charge in [0.15, 0.2) is 0 Å². The van der Waals surface area contributed by atoms with Crippen LogP contribution in [-0.4, -0.2) is 31.9 Å². The molecule has 7 heteroatoms. The standard InChI is InChI=1S/C22H25N3O4/c1-12-8-13(2)10-15(9-12)24-21(26)19-14(3)23-22(27)25-20(19)17-7-6-16(28-4)11-18(17)29-5/h6-11,19-20H,1-5H3,(H,24,26)(H,25,27). The van der Waals surface area contributed by atoms with E-state index in [0.717, 1.165) is 11.1 Å². The van der Waals surface area contributed by atoms with E-state index in [0.29, 0.717) is 28.5 Å². The van der Waals surface area contributed by atoms with Crippen molar-refractivity contribution in [1.29, 1.82) is 0 Å². The van der Waals surface area contributed by atoms with Crippen LogP contribution in [0.5, 0.6) is 11.5 Å². The van der Waals surface area contributed by atoms with Crippen molar-refractivity contribution in [2.45, 2.75) is 26.8 Å². The van der Waals surface area contributed by atoms with Crippen LogP contribution < -0.4 is 20.1 Å². The molecule has 1 heterocycles. The second-order valence-electron chi connectivity index (χ2n) is 7.13. The summed E-state index contributed by atoms with van der Waals surface area (Å²) < 4.78 is 10.7. The number of ether oxygens (including phenoxy) is 2. The summed E-state index contributed by atoms with van der Waals surface area (Å²) >= 11 is 0. The van der Waals surface area contributed by atoms with E-state index in [1.807, 2.05) is 32.0 Å². The van der Waals surface area contributed by atoms with Crippen molar-refractivity contribution < 1.29 is 19.1 Å². The van der Waals surface area contributed by atoms with Crippen LogP contribution in [-0.2, 0) is 4.79 Å². The summed E-state index contributed by atoms with van der Waals surface area (Å²) in [5, 5.41) is 5.77. The topological polar surface area (TPSA) is 89.0 Å². The SMILES string of the molecule is COc1ccc(C2NC(=O)N=C(C)C2C(=O)Nc2cc(C)cc(C)c2)c(OC)c1. The van der Waals surface area contributed by atoms with E-state index in [1.165, 1.54) is 7.11 Å². The maximum atomic E-state index is 13.2. The van der Waals surface area contributed by atoms with Gasteiger partial charge in [-0.25, -0.2) is 9.79 Å². The number of aryl methyl sites for hydroxylation is 2. The molecule has 0 bridgehead atoms. The number of hydrogen-bond acceptors (Lipinski definition) is 4. The number of nitrogens with one attached hydrogen (secondary N) is 2. The van der Waals surface area contributed by atoms with E-state index >= 15 is 0 Å². The van der Waals surface area contributed by atoms with Gasteiger partial charge < -0.3 is 20.1 Å². The monoisotopic (exact) mass is 395 g/mol. The number of benzene rings is 2. The molecule has 0 radical (unpaired) electrons. The molecule has 3 amide bonds. The molecule has 152 valence electrons. The number of anilines is 1. The van der Waals surface area contributed by atoms with Crippen LogP contribution in [0.2, 0.25) is 0 Å². The molecule has 7 nitrogen and oxygen atoms in total. The van der Waals surface area contributed by atoms with E-state index in [9.17, 15) is 9.59 Å². The van der Waals surface area contributed by atoms with Gasteiger partial charge >= 0.3 is 6.03 Å². The van der Waals surface area contributed by atoms with E-state index in [2.05, 4.69) is 15.6 Å². The minimum absolute atomic E-state index is 0.251. The van der Waals surface area contributed by atoms with E-state index in [4.69, 9.17) is 9.47 Å². The Labute approximate surface area is 170 Å². The number of nitrogens with zero attached hydrogens (tertiary/aromatic N) is 1. The first-order chi connectivity index (χ1) is 13.8. The highest BCUT2D eigenvalue weighted by Gasteiger charge is 2.38. The molecule has 0 aromatic heterocycles. The molecule has 2 aromatic carbocycles. The Hall–Kier alpha value is -3.35. The Morgan fingerprint density at radius 3 is 2.34 bits per heavy atom. The molecule has 0 saturated carbocycles. The van der Waals surface area contributed by atoms with Crippen LogP contribution in [0.4, 0.5) is 10.5 Å². The number of hydrogen-bond donors (Lipinski definition) is 2. The highest BCUT2D eigenvalue weighted by Crippen LogP contribution is 2.36. The third-order valence-electron chi connectivity index (χ3n) is 4.89. The first-order valence-corrected chi connectivity index (χ1v) is 9.29. The van der Waals surface area contributed by atoms with Crippen molar-refractivity contribution in [3.63, 3.8) is 0 Å². The Morgan fingerprint density at radius 2 is 1.72 bits per heavy atom. The number of carbonyl (C=O) groups is 2. The summed E-state index contributed by atoms with van der Waals surface area (Å²) in [6.07, 6.45) is 0. The molecule has 0 fully saturated rings. The highest BCUT2D eigenvalue weighted by atomic mass is 16.5. The van der Waals surface area contributed by atoms with Crippen LogP contribution in [0, 0.1) is 19.8 Å². The number of rotatable bonds is 5. The molecule has 1 aliphatic rings. The Bertz CT molecular complexity index is 964. The molecule has 2 unspecified atom stereocenters. The van der Waals surface area contributed by atoms with Crippen molar-refractivity contribution >= 4 is 23.3 Å². The van der Waals surface area contributed by atoms with Gasteiger partial charge in [0.1, 0.15) is 17.4 Å². The average molecular weight is 395 g/mol. The first-order valence-electron chi connectivity index (χ1n) is 9.29. The van der Waals surface area contributed by atoms with Crippen LogP contribution in [0.25, 0.3) is 0 Å². The Morgan fingerprint density at radius 1 is 1.03 bits per heavy atom. The summed E-state index contributed by atoms with van der Waals surface area (Å²) in [6.45, 7) is 5.63. The summed E-state index contributed by atoms with van der Waals surface area (Å²) in [5.74, 6) is 0.206. The normalized spacial score (nSPS) is 18.5. The molecule has 3 rings (SSSR count). The number of amides is 3. The maximum absolute atomic E-state index is 13.2. The second-order valence-corrected chi connectivity index (χ2v) is 7.13. The third kappa shape index (κ3) is 4.39. The second kappa shape index (κ2) is 8.34. The lowest BCUT2D eigenvalue weighted by Gasteiger charge is -2.31. The van der Waals surface area contributed by atoms with Crippen molar-refractivity contribution in [3.05, 3.63) is 53.1 Å². The lowest BCUT2D eigenvalue weighted by Crippen LogP contribution is -2.45. The lowest BCUT2D eigenvalue weighted by atomic mass is 9.87. The van der Waals surface area contributed by atoms with E-state index in [1.54, 1.807) is 32.2 Å². The van der Waals surface area contributed by atoms with Crippen molar-refractivity contribution in [3.8, 4) is 11.5 Å². The predicted octanol–water partition coefficient (Wildman–Crippen LogP) is 3.80. The Balaban J connectivity index is 1.98. The predicted molar refractivity (Wildman–Crippen MR) is 112 cm³/mol. The minimum Gasteiger partial charge on any atom is -0.497 e. The molecule has 2 atom stereocenters. The third-order valence-corrected chi connectivity index (χ3v) is 4.89. The Kier molecular flexibility index (Phi) is 5.87. The lowest BCUT2D eigenvalue weighted by molar-refractivity contribution is -0.118. The molecule has 2 N–H and O–H groups in total. The van der Waals surface area contributed by atoms with Gasteiger partial charge in [-0.3, -0.25) is 4.79 Å². The smallest absolute Gasteiger partial charge is 0.341 e. The summed E-state index contributed by atoms with van der Waals surface area (Å²) in [6, 6.07) is 10.0. The molecule has 1 aliphatic heterocycles. The molecule has 0 aliphatic carbocycles. The van der Waals surface area contributed by atoms with Crippen LogP contribution in [0.1, 0.15) is 29.7 Å². The van der Waals surface area contributed by atoms with Gasteiger partial charge in [0.05, 0.1) is 20.3 Å². The van der Waals surface area contributed by atoms with Gasteiger partial charge in [0, 0.05) is 23.0 Å². The molecule has 29 heavy (non-hydrogen) atoms. The van der Waals surface area contributed by atoms with Gasteiger partial charge in [-0.05, 0) is 56.2 Å². The van der Waals surface area contributed by atoms with Crippen LogP contribution >= 0.6 is 0 Å². The molecular formula is C22H25N3O4. The van der Waals surface area contributed by atoms with Gasteiger partial charge in [0.25, 0.3) is 0 Å². The molecule has 2 aromatic rings.